The summed E-state index contributed by atoms with van der Waals surface area (Å²) in [5, 5.41) is 3.73. The van der Waals surface area contributed by atoms with Gasteiger partial charge in [0.25, 0.3) is 0 Å². The Morgan fingerprint density at radius 2 is 1.90 bits per heavy atom. The molecule has 0 spiro atoms. The Morgan fingerprint density at radius 1 is 1.15 bits per heavy atom. The van der Waals surface area contributed by atoms with E-state index in [4.69, 9.17) is 11.6 Å². The highest BCUT2D eigenvalue weighted by atomic mass is 35.5. The summed E-state index contributed by atoms with van der Waals surface area (Å²) in [6.07, 6.45) is 0. The van der Waals surface area contributed by atoms with Gasteiger partial charge in [-0.25, -0.2) is 4.39 Å². The van der Waals surface area contributed by atoms with Crippen molar-refractivity contribution >= 4 is 17.3 Å². The zero-order valence-corrected chi connectivity index (χ0v) is 12.4. The summed E-state index contributed by atoms with van der Waals surface area (Å²) >= 11 is 6.17. The Morgan fingerprint density at radius 3 is 2.60 bits per heavy atom. The van der Waals surface area contributed by atoms with Gasteiger partial charge >= 0.3 is 0 Å². The number of hydrogen-bond acceptors (Lipinski definition) is 2. The molecular weight excluding hydrogens is 275 g/mol. The average Bonchev–Trinajstić information content (AvgIpc) is 2.43. The van der Waals surface area contributed by atoms with E-state index in [1.165, 1.54) is 6.07 Å². The maximum Gasteiger partial charge on any atom is 0.129 e. The van der Waals surface area contributed by atoms with Crippen molar-refractivity contribution in [3.05, 3.63) is 64.4 Å². The Bertz CT molecular complexity index is 586. The van der Waals surface area contributed by atoms with Crippen molar-refractivity contribution in [1.82, 2.24) is 5.32 Å². The quantitative estimate of drug-likeness (QED) is 0.901. The molecule has 0 aliphatic carbocycles. The van der Waals surface area contributed by atoms with E-state index in [0.717, 1.165) is 16.3 Å². The first kappa shape index (κ1) is 14.8. The minimum absolute atomic E-state index is 0.192. The monoisotopic (exact) mass is 292 g/mol. The van der Waals surface area contributed by atoms with Crippen LogP contribution in [0.5, 0.6) is 0 Å². The molecule has 4 heteroatoms. The molecule has 0 aliphatic heterocycles. The normalized spacial score (nSPS) is 10.6. The molecule has 0 aromatic heterocycles. The predicted molar refractivity (Wildman–Crippen MR) is 82.7 cm³/mol. The molecule has 106 valence electrons. The SMILES string of the molecule is CNCc1c(F)cccc1N(C)Cc1ccccc1Cl. The second kappa shape index (κ2) is 6.73. The topological polar surface area (TPSA) is 15.3 Å². The zero-order chi connectivity index (χ0) is 14.5. The number of anilines is 1. The molecule has 20 heavy (non-hydrogen) atoms. The van der Waals surface area contributed by atoms with Gasteiger partial charge < -0.3 is 10.2 Å². The minimum atomic E-state index is -0.192. The molecule has 0 unspecified atom stereocenters. The zero-order valence-electron chi connectivity index (χ0n) is 11.7. The van der Waals surface area contributed by atoms with Crippen LogP contribution in [-0.4, -0.2) is 14.1 Å². The minimum Gasteiger partial charge on any atom is -0.370 e. The van der Waals surface area contributed by atoms with Gasteiger partial charge in [-0.05, 0) is 30.8 Å². The fourth-order valence-corrected chi connectivity index (χ4v) is 2.42. The van der Waals surface area contributed by atoms with Crippen LogP contribution in [0.3, 0.4) is 0 Å². The van der Waals surface area contributed by atoms with Crippen LogP contribution in [0, 0.1) is 5.82 Å². The van der Waals surface area contributed by atoms with E-state index in [0.29, 0.717) is 18.7 Å². The van der Waals surface area contributed by atoms with Gasteiger partial charge in [-0.15, -0.1) is 0 Å². The highest BCUT2D eigenvalue weighted by Gasteiger charge is 2.12. The molecule has 2 rings (SSSR count). The molecule has 0 saturated heterocycles. The maximum absolute atomic E-state index is 13.9. The Hall–Kier alpha value is -1.58. The number of rotatable bonds is 5. The molecule has 0 saturated carbocycles. The highest BCUT2D eigenvalue weighted by molar-refractivity contribution is 6.31. The van der Waals surface area contributed by atoms with E-state index in [2.05, 4.69) is 5.32 Å². The summed E-state index contributed by atoms with van der Waals surface area (Å²) in [6, 6.07) is 12.8. The van der Waals surface area contributed by atoms with E-state index >= 15 is 0 Å². The molecule has 0 radical (unpaired) electrons. The van der Waals surface area contributed by atoms with Gasteiger partial charge in [0.1, 0.15) is 5.82 Å². The van der Waals surface area contributed by atoms with E-state index in [-0.39, 0.29) is 5.82 Å². The summed E-state index contributed by atoms with van der Waals surface area (Å²) < 4.78 is 13.9. The van der Waals surface area contributed by atoms with Gasteiger partial charge in [0.15, 0.2) is 0 Å². The summed E-state index contributed by atoms with van der Waals surface area (Å²) in [7, 11) is 3.75. The second-order valence-corrected chi connectivity index (χ2v) is 5.12. The van der Waals surface area contributed by atoms with Crippen LogP contribution in [0.2, 0.25) is 5.02 Å². The third kappa shape index (κ3) is 3.30. The van der Waals surface area contributed by atoms with Crippen LogP contribution >= 0.6 is 11.6 Å². The van der Waals surface area contributed by atoms with Crippen LogP contribution in [0.4, 0.5) is 10.1 Å². The molecule has 0 fully saturated rings. The molecule has 0 aliphatic rings. The molecular formula is C16H18ClFN2. The van der Waals surface area contributed by atoms with Gasteiger partial charge in [0.05, 0.1) is 0 Å². The van der Waals surface area contributed by atoms with Crippen molar-refractivity contribution in [1.29, 1.82) is 0 Å². The van der Waals surface area contributed by atoms with Crippen molar-refractivity contribution in [3.8, 4) is 0 Å². The first-order chi connectivity index (χ1) is 9.63. The molecule has 1 N–H and O–H groups in total. The first-order valence-corrected chi connectivity index (χ1v) is 6.88. The second-order valence-electron chi connectivity index (χ2n) is 4.72. The van der Waals surface area contributed by atoms with Gasteiger partial charge in [-0.3, -0.25) is 0 Å². The first-order valence-electron chi connectivity index (χ1n) is 6.50. The van der Waals surface area contributed by atoms with Crippen molar-refractivity contribution in [2.45, 2.75) is 13.1 Å². The largest absolute Gasteiger partial charge is 0.370 e. The van der Waals surface area contributed by atoms with Crippen LogP contribution in [0.15, 0.2) is 42.5 Å². The van der Waals surface area contributed by atoms with Crippen molar-refractivity contribution in [3.63, 3.8) is 0 Å². The Kier molecular flexibility index (Phi) is 4.99. The molecule has 2 aromatic rings. The molecule has 0 bridgehead atoms. The third-order valence-corrected chi connectivity index (χ3v) is 3.59. The lowest BCUT2D eigenvalue weighted by Gasteiger charge is -2.23. The fourth-order valence-electron chi connectivity index (χ4n) is 2.22. The predicted octanol–water partition coefficient (Wildman–Crippen LogP) is 3.83. The molecule has 0 amide bonds. The molecule has 2 aromatic carbocycles. The van der Waals surface area contributed by atoms with Crippen molar-refractivity contribution in [2.75, 3.05) is 19.0 Å². The van der Waals surface area contributed by atoms with E-state index in [1.807, 2.05) is 49.3 Å². The smallest absolute Gasteiger partial charge is 0.129 e. The van der Waals surface area contributed by atoms with Crippen LogP contribution in [-0.2, 0) is 13.1 Å². The van der Waals surface area contributed by atoms with Gasteiger partial charge in [-0.2, -0.15) is 0 Å². The van der Waals surface area contributed by atoms with Gasteiger partial charge in [0, 0.05) is 36.4 Å². The molecule has 0 heterocycles. The third-order valence-electron chi connectivity index (χ3n) is 3.22. The maximum atomic E-state index is 13.9. The number of benzene rings is 2. The van der Waals surface area contributed by atoms with Crippen molar-refractivity contribution in [2.24, 2.45) is 0 Å². The van der Waals surface area contributed by atoms with Crippen LogP contribution in [0.1, 0.15) is 11.1 Å². The summed E-state index contributed by atoms with van der Waals surface area (Å²) in [4.78, 5) is 2.01. The molecule has 2 nitrogen and oxygen atoms in total. The summed E-state index contributed by atoms with van der Waals surface area (Å²) in [6.45, 7) is 1.13. The molecule has 0 atom stereocenters. The lowest BCUT2D eigenvalue weighted by molar-refractivity contribution is 0.599. The Labute approximate surface area is 124 Å². The lowest BCUT2D eigenvalue weighted by Crippen LogP contribution is -2.20. The van der Waals surface area contributed by atoms with Gasteiger partial charge in [-0.1, -0.05) is 35.9 Å². The highest BCUT2D eigenvalue weighted by Crippen LogP contribution is 2.25. The van der Waals surface area contributed by atoms with Crippen molar-refractivity contribution < 1.29 is 4.39 Å². The standard InChI is InChI=1S/C16H18ClFN2/c1-19-10-13-15(18)8-5-9-16(13)20(2)11-12-6-3-4-7-14(12)17/h3-9,19H,10-11H2,1-2H3. The fraction of sp³-hybridized carbons (Fsp3) is 0.250. The van der Waals surface area contributed by atoms with E-state index in [1.54, 1.807) is 6.07 Å². The average molecular weight is 293 g/mol. The number of hydrogen-bond donors (Lipinski definition) is 1. The van der Waals surface area contributed by atoms with E-state index in [9.17, 15) is 4.39 Å². The van der Waals surface area contributed by atoms with Gasteiger partial charge in [0.2, 0.25) is 0 Å². The number of nitrogens with zero attached hydrogens (tertiary/aromatic N) is 1. The number of nitrogens with one attached hydrogen (secondary N) is 1. The summed E-state index contributed by atoms with van der Waals surface area (Å²) in [5.74, 6) is -0.192. The summed E-state index contributed by atoms with van der Waals surface area (Å²) in [5.41, 5.74) is 2.57. The Balaban J connectivity index is 2.27. The lowest BCUT2D eigenvalue weighted by atomic mass is 10.1. The van der Waals surface area contributed by atoms with E-state index < -0.39 is 0 Å². The number of halogens is 2. The van der Waals surface area contributed by atoms with Crippen LogP contribution < -0.4 is 10.2 Å². The van der Waals surface area contributed by atoms with Crippen LogP contribution in [0.25, 0.3) is 0 Å².